The molecule has 0 bridgehead atoms. The number of carbonyl (C=O) groups excluding carboxylic acids is 1. The number of nitriles is 1. The van der Waals surface area contributed by atoms with Gasteiger partial charge < -0.3 is 11.1 Å². The van der Waals surface area contributed by atoms with Crippen molar-refractivity contribution in [3.05, 3.63) is 11.9 Å². The largest absolute Gasteiger partial charge is 0.347 e. The fourth-order valence-corrected chi connectivity index (χ4v) is 1.31. The Kier molecular flexibility index (Phi) is 5.10. The van der Waals surface area contributed by atoms with E-state index in [2.05, 4.69) is 15.6 Å². The second kappa shape index (κ2) is 6.60. The van der Waals surface area contributed by atoms with E-state index in [4.69, 9.17) is 11.0 Å². The lowest BCUT2D eigenvalue weighted by atomic mass is 10.1. The van der Waals surface area contributed by atoms with E-state index in [-0.39, 0.29) is 17.6 Å². The van der Waals surface area contributed by atoms with Crippen LogP contribution in [0.2, 0.25) is 0 Å². The second-order valence-corrected chi connectivity index (χ2v) is 3.60. The van der Waals surface area contributed by atoms with Crippen molar-refractivity contribution in [3.63, 3.8) is 0 Å². The maximum absolute atomic E-state index is 11.7. The molecule has 0 aliphatic heterocycles. The van der Waals surface area contributed by atoms with E-state index in [9.17, 15) is 4.79 Å². The van der Waals surface area contributed by atoms with Gasteiger partial charge in [0.25, 0.3) is 5.91 Å². The van der Waals surface area contributed by atoms with Gasteiger partial charge in [-0.15, -0.1) is 5.10 Å². The first kappa shape index (κ1) is 13.1. The molecule has 0 radical (unpaired) electrons. The van der Waals surface area contributed by atoms with Crippen molar-refractivity contribution in [3.8, 4) is 6.07 Å². The molecule has 7 heteroatoms. The lowest BCUT2D eigenvalue weighted by molar-refractivity contribution is 0.0931. The van der Waals surface area contributed by atoms with Crippen LogP contribution in [0.1, 0.15) is 30.3 Å². The average molecular weight is 236 g/mol. The Labute approximate surface area is 99.6 Å². The van der Waals surface area contributed by atoms with Gasteiger partial charge in [-0.25, -0.2) is 0 Å². The van der Waals surface area contributed by atoms with Crippen molar-refractivity contribution in [1.29, 1.82) is 5.26 Å². The van der Waals surface area contributed by atoms with Gasteiger partial charge in [0.15, 0.2) is 5.69 Å². The average Bonchev–Trinajstić information content (AvgIpc) is 2.77. The summed E-state index contributed by atoms with van der Waals surface area (Å²) in [6.45, 7) is 2.87. The number of nitrogens with zero attached hydrogens (tertiary/aromatic N) is 4. The highest BCUT2D eigenvalue weighted by molar-refractivity contribution is 5.92. The van der Waals surface area contributed by atoms with Gasteiger partial charge >= 0.3 is 0 Å². The molecule has 0 spiro atoms. The fourth-order valence-electron chi connectivity index (χ4n) is 1.31. The minimum absolute atomic E-state index is 0.146. The van der Waals surface area contributed by atoms with Gasteiger partial charge in [-0.2, -0.15) is 5.26 Å². The predicted octanol–water partition coefficient (Wildman–Crippen LogP) is -0.341. The molecule has 1 unspecified atom stereocenters. The summed E-state index contributed by atoms with van der Waals surface area (Å²) in [6, 6.07) is 1.88. The predicted molar refractivity (Wildman–Crippen MR) is 60.9 cm³/mol. The molecule has 0 saturated heterocycles. The molecule has 1 atom stereocenters. The van der Waals surface area contributed by atoms with Gasteiger partial charge in [0.1, 0.15) is 0 Å². The standard InChI is InChI=1S/C10H16N6O/c1-2-8(3-4-11)13-10(17)9-7-16(6-5-12)15-14-9/h7-8H,2-3,5-6,12H2,1H3,(H,13,17). The van der Waals surface area contributed by atoms with E-state index in [1.165, 1.54) is 4.68 Å². The number of hydrogen-bond donors (Lipinski definition) is 2. The number of amides is 1. The molecule has 1 heterocycles. The molecular weight excluding hydrogens is 220 g/mol. The highest BCUT2D eigenvalue weighted by Gasteiger charge is 2.14. The van der Waals surface area contributed by atoms with Crippen LogP contribution in [0.5, 0.6) is 0 Å². The van der Waals surface area contributed by atoms with E-state index in [0.717, 1.165) is 0 Å². The molecule has 3 N–H and O–H groups in total. The minimum atomic E-state index is -0.310. The quantitative estimate of drug-likeness (QED) is 0.702. The summed E-state index contributed by atoms with van der Waals surface area (Å²) >= 11 is 0. The van der Waals surface area contributed by atoms with Crippen LogP contribution in [-0.4, -0.2) is 33.5 Å². The van der Waals surface area contributed by atoms with Gasteiger partial charge in [0.2, 0.25) is 0 Å². The zero-order valence-corrected chi connectivity index (χ0v) is 9.76. The van der Waals surface area contributed by atoms with Crippen molar-refractivity contribution >= 4 is 5.91 Å². The smallest absolute Gasteiger partial charge is 0.273 e. The lowest BCUT2D eigenvalue weighted by Gasteiger charge is -2.11. The fraction of sp³-hybridized carbons (Fsp3) is 0.600. The van der Waals surface area contributed by atoms with Gasteiger partial charge in [0.05, 0.1) is 25.2 Å². The molecule has 17 heavy (non-hydrogen) atoms. The molecule has 1 amide bonds. The van der Waals surface area contributed by atoms with Crippen molar-refractivity contribution in [2.45, 2.75) is 32.4 Å². The van der Waals surface area contributed by atoms with Gasteiger partial charge in [-0.05, 0) is 6.42 Å². The first-order chi connectivity index (χ1) is 8.21. The molecule has 92 valence electrons. The Balaban J connectivity index is 2.59. The van der Waals surface area contributed by atoms with Crippen molar-refractivity contribution in [2.24, 2.45) is 5.73 Å². The Morgan fingerprint density at radius 1 is 1.76 bits per heavy atom. The molecule has 0 aromatic carbocycles. The van der Waals surface area contributed by atoms with Crippen LogP contribution >= 0.6 is 0 Å². The molecule has 7 nitrogen and oxygen atoms in total. The van der Waals surface area contributed by atoms with Crippen molar-refractivity contribution < 1.29 is 4.79 Å². The summed E-state index contributed by atoms with van der Waals surface area (Å²) in [5.74, 6) is -0.310. The van der Waals surface area contributed by atoms with Crippen LogP contribution in [0.4, 0.5) is 0 Å². The van der Waals surface area contributed by atoms with Gasteiger partial charge in [-0.1, -0.05) is 12.1 Å². The molecule has 0 saturated carbocycles. The molecule has 1 aromatic rings. The third-order valence-electron chi connectivity index (χ3n) is 2.30. The number of carbonyl (C=O) groups is 1. The number of nitrogens with two attached hydrogens (primary N) is 1. The summed E-state index contributed by atoms with van der Waals surface area (Å²) < 4.78 is 1.51. The van der Waals surface area contributed by atoms with E-state index in [1.807, 2.05) is 13.0 Å². The Morgan fingerprint density at radius 2 is 2.53 bits per heavy atom. The topological polar surface area (TPSA) is 110 Å². The highest BCUT2D eigenvalue weighted by atomic mass is 16.2. The number of aromatic nitrogens is 3. The molecule has 1 aromatic heterocycles. The Morgan fingerprint density at radius 3 is 3.12 bits per heavy atom. The van der Waals surface area contributed by atoms with Crippen LogP contribution in [-0.2, 0) is 6.54 Å². The first-order valence-electron chi connectivity index (χ1n) is 5.49. The van der Waals surface area contributed by atoms with Crippen molar-refractivity contribution in [1.82, 2.24) is 20.3 Å². The van der Waals surface area contributed by atoms with Crippen LogP contribution in [0.3, 0.4) is 0 Å². The van der Waals surface area contributed by atoms with Gasteiger partial charge in [-0.3, -0.25) is 9.48 Å². The van der Waals surface area contributed by atoms with Gasteiger partial charge in [0, 0.05) is 12.6 Å². The monoisotopic (exact) mass is 236 g/mol. The molecule has 0 aliphatic carbocycles. The minimum Gasteiger partial charge on any atom is -0.347 e. The van der Waals surface area contributed by atoms with Crippen LogP contribution in [0.25, 0.3) is 0 Å². The zero-order chi connectivity index (χ0) is 12.7. The normalized spacial score (nSPS) is 11.8. The van der Waals surface area contributed by atoms with E-state index >= 15 is 0 Å². The summed E-state index contributed by atoms with van der Waals surface area (Å²) in [4.78, 5) is 11.7. The van der Waals surface area contributed by atoms with E-state index in [0.29, 0.717) is 25.9 Å². The summed E-state index contributed by atoms with van der Waals surface area (Å²) in [6.07, 6.45) is 2.54. The number of rotatable bonds is 6. The summed E-state index contributed by atoms with van der Waals surface area (Å²) in [5, 5.41) is 18.8. The first-order valence-corrected chi connectivity index (χ1v) is 5.49. The molecule has 0 aliphatic rings. The summed E-state index contributed by atoms with van der Waals surface area (Å²) in [7, 11) is 0. The molecular formula is C10H16N6O. The number of hydrogen-bond acceptors (Lipinski definition) is 5. The van der Waals surface area contributed by atoms with Crippen molar-refractivity contribution in [2.75, 3.05) is 6.54 Å². The third kappa shape index (κ3) is 3.85. The maximum Gasteiger partial charge on any atom is 0.273 e. The second-order valence-electron chi connectivity index (χ2n) is 3.60. The summed E-state index contributed by atoms with van der Waals surface area (Å²) in [5.41, 5.74) is 5.61. The molecule has 0 fully saturated rings. The van der Waals surface area contributed by atoms with Crippen LogP contribution < -0.4 is 11.1 Å². The SMILES string of the molecule is CCC(CC#N)NC(=O)c1cn(CCN)nn1. The number of nitrogens with one attached hydrogen (secondary N) is 1. The van der Waals surface area contributed by atoms with Crippen LogP contribution in [0.15, 0.2) is 6.20 Å². The lowest BCUT2D eigenvalue weighted by Crippen LogP contribution is -2.34. The van der Waals surface area contributed by atoms with Crippen LogP contribution in [0, 0.1) is 11.3 Å². The highest BCUT2D eigenvalue weighted by Crippen LogP contribution is 1.99. The van der Waals surface area contributed by atoms with E-state index < -0.39 is 0 Å². The van der Waals surface area contributed by atoms with E-state index in [1.54, 1.807) is 6.20 Å². The maximum atomic E-state index is 11.7. The Bertz CT molecular complexity index is 407. The Hall–Kier alpha value is -1.94. The zero-order valence-electron chi connectivity index (χ0n) is 9.76. The third-order valence-corrected chi connectivity index (χ3v) is 2.30. The molecule has 1 rings (SSSR count).